The van der Waals surface area contributed by atoms with E-state index in [0.29, 0.717) is 17.5 Å². The summed E-state index contributed by atoms with van der Waals surface area (Å²) in [6.07, 6.45) is 0.434. The molecule has 0 fully saturated rings. The Bertz CT molecular complexity index is 787. The maximum absolute atomic E-state index is 11.9. The van der Waals surface area contributed by atoms with E-state index in [0.717, 1.165) is 13.2 Å². The number of Topliss-reactive ketones (excluding diaryl/α,β-unsaturated/α-hetero) is 1. The van der Waals surface area contributed by atoms with Gasteiger partial charge in [-0.2, -0.15) is 0 Å². The molecular weight excluding hydrogens is 380 g/mol. The number of benzene rings is 3. The summed E-state index contributed by atoms with van der Waals surface area (Å²) in [5, 5.41) is 17.3. The smallest absolute Gasteiger partial charge is 0.300 e. The van der Waals surface area contributed by atoms with Crippen LogP contribution in [0.4, 0.5) is 0 Å². The molecule has 0 saturated heterocycles. The number of aliphatic hydroxyl groups is 1. The summed E-state index contributed by atoms with van der Waals surface area (Å²) in [6.45, 7) is 2.90. The fraction of sp³-hybridized carbons (Fsp3) is 0.160. The minimum absolute atomic E-state index is 0.271. The fourth-order valence-corrected chi connectivity index (χ4v) is 1.93. The topological polar surface area (TPSA) is 91.7 Å². The molecule has 158 valence electrons. The summed E-state index contributed by atoms with van der Waals surface area (Å²) < 4.78 is 0. The van der Waals surface area contributed by atoms with Crippen molar-refractivity contribution in [2.24, 2.45) is 0 Å². The van der Waals surface area contributed by atoms with Crippen LogP contribution in [0.3, 0.4) is 0 Å². The molecule has 0 aliphatic carbocycles. The molecule has 0 radical (unpaired) electrons. The Morgan fingerprint density at radius 2 is 1.10 bits per heavy atom. The van der Waals surface area contributed by atoms with Crippen LogP contribution in [0, 0.1) is 0 Å². The Morgan fingerprint density at radius 3 is 1.43 bits per heavy atom. The van der Waals surface area contributed by atoms with E-state index in [1.807, 2.05) is 55.5 Å². The number of hydrogen-bond acceptors (Lipinski definition) is 4. The molecule has 0 heterocycles. The highest BCUT2D eigenvalue weighted by Gasteiger charge is 2.18. The highest BCUT2D eigenvalue weighted by molar-refractivity contribution is 5.99. The molecule has 3 aromatic carbocycles. The van der Waals surface area contributed by atoms with Crippen LogP contribution in [0.1, 0.15) is 42.3 Å². The van der Waals surface area contributed by atoms with Gasteiger partial charge in [0.1, 0.15) is 12.4 Å². The van der Waals surface area contributed by atoms with Gasteiger partial charge in [-0.25, -0.2) is 0 Å². The van der Waals surface area contributed by atoms with E-state index in [-0.39, 0.29) is 5.78 Å². The van der Waals surface area contributed by atoms with Crippen LogP contribution < -0.4 is 0 Å². The van der Waals surface area contributed by atoms with Crippen molar-refractivity contribution in [3.63, 3.8) is 0 Å². The van der Waals surface area contributed by atoms with Crippen molar-refractivity contribution in [2.75, 3.05) is 0 Å². The first kappa shape index (κ1) is 26.4. The van der Waals surface area contributed by atoms with Gasteiger partial charge >= 0.3 is 0 Å². The Kier molecular flexibility index (Phi) is 15.4. The van der Waals surface area contributed by atoms with Crippen LogP contribution in [0.2, 0.25) is 0 Å². The zero-order chi connectivity index (χ0) is 22.6. The largest absolute Gasteiger partial charge is 0.481 e. The molecule has 1 atom stereocenters. The monoisotopic (exact) mass is 408 g/mol. The van der Waals surface area contributed by atoms with Gasteiger partial charge in [0.25, 0.3) is 5.97 Å². The summed E-state index contributed by atoms with van der Waals surface area (Å²) >= 11 is 0. The average molecular weight is 408 g/mol. The molecule has 5 nitrogen and oxygen atoms in total. The molecule has 3 rings (SSSR count). The van der Waals surface area contributed by atoms with Crippen molar-refractivity contribution in [3.8, 4) is 0 Å². The van der Waals surface area contributed by atoms with E-state index in [1.165, 1.54) is 0 Å². The van der Waals surface area contributed by atoms with E-state index in [2.05, 4.69) is 0 Å². The normalized spacial score (nSPS) is 9.70. The number of aliphatic carboxylic acids is 1. The Balaban J connectivity index is 0.000000492. The molecule has 0 aromatic heterocycles. The van der Waals surface area contributed by atoms with Crippen LogP contribution in [0.25, 0.3) is 0 Å². The fourth-order valence-electron chi connectivity index (χ4n) is 1.93. The maximum atomic E-state index is 11.9. The number of rotatable bonds is 4. The highest BCUT2D eigenvalue weighted by atomic mass is 16.4. The lowest BCUT2D eigenvalue weighted by atomic mass is 10.0. The third-order valence-electron chi connectivity index (χ3n) is 3.26. The third kappa shape index (κ3) is 13.6. The van der Waals surface area contributed by atoms with Crippen LogP contribution in [-0.2, 0) is 9.59 Å². The van der Waals surface area contributed by atoms with Gasteiger partial charge in [0.2, 0.25) is 0 Å². The van der Waals surface area contributed by atoms with E-state index in [4.69, 9.17) is 9.90 Å². The molecule has 3 aromatic rings. The Labute approximate surface area is 177 Å². The molecule has 0 bridgehead atoms. The zero-order valence-electron chi connectivity index (χ0n) is 17.2. The first-order valence-corrected chi connectivity index (χ1v) is 9.39. The Hall–Kier alpha value is -3.57. The minimum atomic E-state index is -1.08. The second-order valence-electron chi connectivity index (χ2n) is 5.79. The van der Waals surface area contributed by atoms with Gasteiger partial charge in [-0.15, -0.1) is 0 Å². The number of carboxylic acid groups (broad SMARTS) is 1. The van der Waals surface area contributed by atoms with Gasteiger partial charge in [0.05, 0.1) is 0 Å². The van der Waals surface area contributed by atoms with E-state index >= 15 is 0 Å². The molecular formula is C25H28O5. The summed E-state index contributed by atoms with van der Waals surface area (Å²) in [5.41, 5.74) is 1.15. The molecule has 0 spiro atoms. The zero-order valence-corrected chi connectivity index (χ0v) is 17.2. The molecule has 5 heteroatoms. The summed E-state index contributed by atoms with van der Waals surface area (Å²) in [5.74, 6) is -1.10. The minimum Gasteiger partial charge on any atom is -0.481 e. The van der Waals surface area contributed by atoms with Gasteiger partial charge in [0, 0.05) is 18.9 Å². The van der Waals surface area contributed by atoms with Crippen LogP contribution >= 0.6 is 0 Å². The van der Waals surface area contributed by atoms with Gasteiger partial charge in [-0.05, 0) is 5.56 Å². The van der Waals surface area contributed by atoms with E-state index in [1.54, 1.807) is 48.5 Å². The van der Waals surface area contributed by atoms with Crippen molar-refractivity contribution in [3.05, 3.63) is 108 Å². The van der Waals surface area contributed by atoms with E-state index < -0.39 is 12.1 Å². The van der Waals surface area contributed by atoms with E-state index in [9.17, 15) is 14.7 Å². The molecule has 0 saturated carbocycles. The van der Waals surface area contributed by atoms with Gasteiger partial charge in [-0.1, -0.05) is 104 Å². The average Bonchev–Trinajstić information content (AvgIpc) is 2.80. The van der Waals surface area contributed by atoms with Crippen molar-refractivity contribution in [1.29, 1.82) is 0 Å². The lowest BCUT2D eigenvalue weighted by Crippen LogP contribution is -2.11. The van der Waals surface area contributed by atoms with Gasteiger partial charge in [0.15, 0.2) is 5.78 Å². The molecule has 0 aliphatic rings. The Morgan fingerprint density at radius 1 is 0.800 bits per heavy atom. The first-order chi connectivity index (χ1) is 14.4. The quantitative estimate of drug-likeness (QED) is 0.469. The number of aldehydes is 1. The van der Waals surface area contributed by atoms with Crippen molar-refractivity contribution in [2.45, 2.75) is 26.4 Å². The predicted octanol–water partition coefficient (Wildman–Crippen LogP) is 4.98. The molecule has 0 amide bonds. The summed E-state index contributed by atoms with van der Waals surface area (Å²) in [6, 6.07) is 29.7. The second-order valence-corrected chi connectivity index (χ2v) is 5.79. The van der Waals surface area contributed by atoms with Gasteiger partial charge in [-0.3, -0.25) is 9.59 Å². The van der Waals surface area contributed by atoms with Crippen LogP contribution in [0.15, 0.2) is 97.1 Å². The number of carbonyl (C=O) groups is 3. The number of aliphatic hydroxyl groups excluding tert-OH is 1. The third-order valence-corrected chi connectivity index (χ3v) is 3.26. The predicted molar refractivity (Wildman–Crippen MR) is 118 cm³/mol. The van der Waals surface area contributed by atoms with Crippen molar-refractivity contribution in [1.82, 2.24) is 0 Å². The highest BCUT2D eigenvalue weighted by Crippen LogP contribution is 2.17. The SMILES string of the molecule is CC(=O)O.CCC=O.O=C(c1ccccc1)C(O)c1ccccc1.c1ccccc1. The standard InChI is InChI=1S/C14H12O2.C6H6.C3H6O.C2H4O2/c15-13(11-7-3-1-4-8-11)14(16)12-9-5-2-6-10-12;1-2-4-6-5-3-1;1-2-3-4;1-2(3)4/h1-10,13,15H;1-6H;3H,2H2,1H3;1H3,(H,3,4). The van der Waals surface area contributed by atoms with Crippen molar-refractivity contribution < 1.29 is 24.6 Å². The molecule has 1 unspecified atom stereocenters. The van der Waals surface area contributed by atoms with Crippen molar-refractivity contribution >= 4 is 18.0 Å². The molecule has 2 N–H and O–H groups in total. The summed E-state index contributed by atoms with van der Waals surface area (Å²) in [4.78, 5) is 30.1. The number of carbonyl (C=O) groups excluding carboxylic acids is 2. The molecule has 0 aliphatic heterocycles. The first-order valence-electron chi connectivity index (χ1n) is 9.39. The number of ketones is 1. The number of carboxylic acids is 1. The maximum Gasteiger partial charge on any atom is 0.300 e. The number of hydrogen-bond donors (Lipinski definition) is 2. The lowest BCUT2D eigenvalue weighted by molar-refractivity contribution is -0.134. The summed E-state index contributed by atoms with van der Waals surface area (Å²) in [7, 11) is 0. The lowest BCUT2D eigenvalue weighted by Gasteiger charge is -2.09. The van der Waals surface area contributed by atoms with Gasteiger partial charge < -0.3 is 15.0 Å². The second kappa shape index (κ2) is 17.5. The molecule has 30 heavy (non-hydrogen) atoms. The van der Waals surface area contributed by atoms with Crippen LogP contribution in [0.5, 0.6) is 0 Å². The van der Waals surface area contributed by atoms with Crippen LogP contribution in [-0.4, -0.2) is 28.3 Å².